The van der Waals surface area contributed by atoms with Crippen molar-refractivity contribution in [3.05, 3.63) is 0 Å². The predicted molar refractivity (Wildman–Crippen MR) is 62.5 cm³/mol. The Kier molecular flexibility index (Phi) is 11.1. The number of carbonyl (C=O) groups is 1. The molecule has 0 aliphatic rings. The quantitative estimate of drug-likeness (QED) is 0.520. The fraction of sp³-hybridized carbons (Fsp3) is 0.917. The first-order chi connectivity index (χ1) is 7.27. The van der Waals surface area contributed by atoms with Gasteiger partial charge in [0.2, 0.25) is 5.91 Å². The van der Waals surface area contributed by atoms with Crippen LogP contribution in [0.5, 0.6) is 0 Å². The summed E-state index contributed by atoms with van der Waals surface area (Å²) in [6.07, 6.45) is 11.0. The Morgan fingerprint density at radius 1 is 0.800 bits per heavy atom. The van der Waals surface area contributed by atoms with Crippen LogP contribution in [-0.4, -0.2) is 17.6 Å². The van der Waals surface area contributed by atoms with E-state index in [0.29, 0.717) is 13.0 Å². The van der Waals surface area contributed by atoms with Crippen molar-refractivity contribution in [2.45, 2.75) is 64.2 Å². The second-order valence-corrected chi connectivity index (χ2v) is 4.12. The topological polar surface area (TPSA) is 63.3 Å². The van der Waals surface area contributed by atoms with Crippen molar-refractivity contribution in [1.82, 2.24) is 0 Å². The molecule has 90 valence electrons. The van der Waals surface area contributed by atoms with Gasteiger partial charge in [0.05, 0.1) is 0 Å². The zero-order valence-electron chi connectivity index (χ0n) is 9.71. The van der Waals surface area contributed by atoms with E-state index >= 15 is 0 Å². The smallest absolute Gasteiger partial charge is 0.217 e. The fourth-order valence-electron chi connectivity index (χ4n) is 1.65. The zero-order chi connectivity index (χ0) is 11.4. The number of hydrogen-bond donors (Lipinski definition) is 2. The molecule has 0 atom stereocenters. The Morgan fingerprint density at radius 3 is 1.60 bits per heavy atom. The van der Waals surface area contributed by atoms with Gasteiger partial charge in [-0.1, -0.05) is 44.9 Å². The molecule has 0 rings (SSSR count). The maximum Gasteiger partial charge on any atom is 0.217 e. The number of rotatable bonds is 11. The summed E-state index contributed by atoms with van der Waals surface area (Å²) in [5.74, 6) is -0.181. The Bertz CT molecular complexity index is 149. The average Bonchev–Trinajstić information content (AvgIpc) is 2.20. The molecule has 0 bridgehead atoms. The Labute approximate surface area is 93.0 Å². The van der Waals surface area contributed by atoms with Crippen molar-refractivity contribution in [2.24, 2.45) is 5.73 Å². The minimum Gasteiger partial charge on any atom is -0.396 e. The van der Waals surface area contributed by atoms with Gasteiger partial charge in [-0.2, -0.15) is 0 Å². The molecule has 15 heavy (non-hydrogen) atoms. The van der Waals surface area contributed by atoms with Crippen LogP contribution in [0.4, 0.5) is 0 Å². The number of hydrogen-bond acceptors (Lipinski definition) is 2. The molecule has 0 aliphatic carbocycles. The third kappa shape index (κ3) is 13.4. The number of carbonyl (C=O) groups excluding carboxylic acids is 1. The lowest BCUT2D eigenvalue weighted by atomic mass is 10.1. The molecule has 0 saturated heterocycles. The SMILES string of the molecule is NC(=O)CCCCCCCCCCCO. The summed E-state index contributed by atoms with van der Waals surface area (Å²) < 4.78 is 0. The van der Waals surface area contributed by atoms with Gasteiger partial charge < -0.3 is 10.8 Å². The van der Waals surface area contributed by atoms with Gasteiger partial charge >= 0.3 is 0 Å². The molecule has 0 aliphatic heterocycles. The second kappa shape index (κ2) is 11.5. The van der Waals surface area contributed by atoms with Gasteiger partial charge in [0.1, 0.15) is 0 Å². The van der Waals surface area contributed by atoms with E-state index in [0.717, 1.165) is 25.7 Å². The Hall–Kier alpha value is -0.570. The first-order valence-corrected chi connectivity index (χ1v) is 6.16. The largest absolute Gasteiger partial charge is 0.396 e. The highest BCUT2D eigenvalue weighted by atomic mass is 16.2. The first-order valence-electron chi connectivity index (χ1n) is 6.16. The summed E-state index contributed by atoms with van der Waals surface area (Å²) in [5, 5.41) is 8.57. The van der Waals surface area contributed by atoms with Crippen LogP contribution in [0.25, 0.3) is 0 Å². The Morgan fingerprint density at radius 2 is 1.20 bits per heavy atom. The van der Waals surface area contributed by atoms with Crippen LogP contribution in [0.1, 0.15) is 64.2 Å². The molecule has 3 nitrogen and oxygen atoms in total. The summed E-state index contributed by atoms with van der Waals surface area (Å²) in [6, 6.07) is 0. The highest BCUT2D eigenvalue weighted by molar-refractivity contribution is 5.73. The van der Waals surface area contributed by atoms with Crippen molar-refractivity contribution >= 4 is 5.91 Å². The normalized spacial score (nSPS) is 10.5. The summed E-state index contributed by atoms with van der Waals surface area (Å²) >= 11 is 0. The number of unbranched alkanes of at least 4 members (excludes halogenated alkanes) is 8. The number of amides is 1. The van der Waals surface area contributed by atoms with Gasteiger partial charge in [0.15, 0.2) is 0 Å². The summed E-state index contributed by atoms with van der Waals surface area (Å²) in [4.78, 5) is 10.4. The molecule has 0 unspecified atom stereocenters. The fourth-order valence-corrected chi connectivity index (χ4v) is 1.65. The van der Waals surface area contributed by atoms with Crippen LogP contribution < -0.4 is 5.73 Å². The number of nitrogens with two attached hydrogens (primary N) is 1. The first kappa shape index (κ1) is 14.4. The maximum absolute atomic E-state index is 10.4. The van der Waals surface area contributed by atoms with Crippen molar-refractivity contribution < 1.29 is 9.90 Å². The third-order valence-corrected chi connectivity index (χ3v) is 2.58. The van der Waals surface area contributed by atoms with Crippen LogP contribution in [0.3, 0.4) is 0 Å². The van der Waals surface area contributed by atoms with Crippen molar-refractivity contribution in [2.75, 3.05) is 6.61 Å². The summed E-state index contributed by atoms with van der Waals surface area (Å²) in [6.45, 7) is 0.327. The van der Waals surface area contributed by atoms with Gasteiger partial charge in [-0.3, -0.25) is 4.79 Å². The molecule has 0 aromatic heterocycles. The molecule has 0 saturated carbocycles. The maximum atomic E-state index is 10.4. The average molecular weight is 215 g/mol. The zero-order valence-corrected chi connectivity index (χ0v) is 9.71. The third-order valence-electron chi connectivity index (χ3n) is 2.58. The van der Waals surface area contributed by atoms with E-state index in [2.05, 4.69) is 0 Å². The van der Waals surface area contributed by atoms with Crippen LogP contribution in [-0.2, 0) is 4.79 Å². The molecular formula is C12H25NO2. The van der Waals surface area contributed by atoms with E-state index in [1.54, 1.807) is 0 Å². The van der Waals surface area contributed by atoms with Gasteiger partial charge in [-0.15, -0.1) is 0 Å². The molecule has 0 aromatic rings. The van der Waals surface area contributed by atoms with Crippen LogP contribution in [0.15, 0.2) is 0 Å². The van der Waals surface area contributed by atoms with E-state index in [9.17, 15) is 4.79 Å². The van der Waals surface area contributed by atoms with Crippen molar-refractivity contribution in [3.8, 4) is 0 Å². The number of aliphatic hydroxyl groups is 1. The molecule has 0 heterocycles. The van der Waals surface area contributed by atoms with Crippen LogP contribution >= 0.6 is 0 Å². The van der Waals surface area contributed by atoms with Crippen LogP contribution in [0.2, 0.25) is 0 Å². The van der Waals surface area contributed by atoms with Gasteiger partial charge in [0, 0.05) is 13.0 Å². The lowest BCUT2D eigenvalue weighted by Gasteiger charge is -2.01. The molecule has 0 aromatic carbocycles. The van der Waals surface area contributed by atoms with E-state index < -0.39 is 0 Å². The standard InChI is InChI=1S/C12H25NO2/c13-12(15)10-8-6-4-2-1-3-5-7-9-11-14/h14H,1-11H2,(H2,13,15). The van der Waals surface area contributed by atoms with Gasteiger partial charge in [-0.25, -0.2) is 0 Å². The second-order valence-electron chi connectivity index (χ2n) is 4.12. The molecule has 0 spiro atoms. The lowest BCUT2D eigenvalue weighted by molar-refractivity contribution is -0.118. The van der Waals surface area contributed by atoms with E-state index in [-0.39, 0.29) is 5.91 Å². The lowest BCUT2D eigenvalue weighted by Crippen LogP contribution is -2.09. The monoisotopic (exact) mass is 215 g/mol. The Balaban J connectivity index is 2.89. The predicted octanol–water partition coefficient (Wildman–Crippen LogP) is 2.37. The highest BCUT2D eigenvalue weighted by Gasteiger charge is 1.95. The molecule has 3 N–H and O–H groups in total. The van der Waals surface area contributed by atoms with E-state index in [4.69, 9.17) is 10.8 Å². The molecule has 0 radical (unpaired) electrons. The number of aliphatic hydroxyl groups excluding tert-OH is 1. The number of primary amides is 1. The molecular weight excluding hydrogens is 190 g/mol. The van der Waals surface area contributed by atoms with Gasteiger partial charge in [-0.05, 0) is 12.8 Å². The minimum atomic E-state index is -0.181. The summed E-state index contributed by atoms with van der Waals surface area (Å²) in [7, 11) is 0. The van der Waals surface area contributed by atoms with E-state index in [1.807, 2.05) is 0 Å². The van der Waals surface area contributed by atoms with Crippen LogP contribution in [0, 0.1) is 0 Å². The summed E-state index contributed by atoms with van der Waals surface area (Å²) in [5.41, 5.74) is 5.04. The minimum absolute atomic E-state index is 0.181. The molecule has 0 fully saturated rings. The van der Waals surface area contributed by atoms with Gasteiger partial charge in [0.25, 0.3) is 0 Å². The van der Waals surface area contributed by atoms with Crippen molar-refractivity contribution in [1.29, 1.82) is 0 Å². The highest BCUT2D eigenvalue weighted by Crippen LogP contribution is 2.10. The van der Waals surface area contributed by atoms with E-state index in [1.165, 1.54) is 32.1 Å². The molecule has 3 heteroatoms. The van der Waals surface area contributed by atoms with Crippen molar-refractivity contribution in [3.63, 3.8) is 0 Å². The molecule has 1 amide bonds.